The molecule has 7 nitrogen and oxygen atoms in total. The zero-order valence-corrected chi connectivity index (χ0v) is 18.0. The molecular formula is C23H24N2O5S. The number of hydrogen-bond acceptors (Lipinski definition) is 6. The molecule has 8 heteroatoms. The molecule has 0 radical (unpaired) electrons. The quantitative estimate of drug-likeness (QED) is 0.603. The molecule has 1 fully saturated rings. The van der Waals surface area contributed by atoms with Crippen LogP contribution in [0.2, 0.25) is 0 Å². The first-order chi connectivity index (χ1) is 14.9. The Hall–Kier alpha value is -2.97. The number of nitrogens with one attached hydrogen (secondary N) is 1. The van der Waals surface area contributed by atoms with Gasteiger partial charge in [-0.25, -0.2) is 13.4 Å². The van der Waals surface area contributed by atoms with Crippen molar-refractivity contribution in [2.45, 2.75) is 36.5 Å². The number of aromatic nitrogens is 1. The summed E-state index contributed by atoms with van der Waals surface area (Å²) in [6, 6.07) is 15.1. The van der Waals surface area contributed by atoms with Gasteiger partial charge in [0.15, 0.2) is 9.84 Å². The average molecular weight is 441 g/mol. The lowest BCUT2D eigenvalue weighted by Crippen LogP contribution is -2.31. The van der Waals surface area contributed by atoms with E-state index in [0.717, 1.165) is 19.4 Å². The first-order valence-electron chi connectivity index (χ1n) is 10.2. The van der Waals surface area contributed by atoms with Gasteiger partial charge in [-0.05, 0) is 56.2 Å². The summed E-state index contributed by atoms with van der Waals surface area (Å²) in [6.45, 7) is 2.94. The highest BCUT2D eigenvalue weighted by atomic mass is 32.2. The molecule has 4 rings (SSSR count). The maximum absolute atomic E-state index is 12.6. The number of benzene rings is 2. The first kappa shape index (κ1) is 21.3. The Labute approximate surface area is 181 Å². The number of amides is 1. The molecule has 1 N–H and O–H groups in total. The van der Waals surface area contributed by atoms with Crippen molar-refractivity contribution in [2.24, 2.45) is 0 Å². The summed E-state index contributed by atoms with van der Waals surface area (Å²) in [5.74, 6) is 0.367. The van der Waals surface area contributed by atoms with Crippen LogP contribution < -0.4 is 5.32 Å². The minimum Gasteiger partial charge on any atom is -0.441 e. The van der Waals surface area contributed by atoms with E-state index in [-0.39, 0.29) is 22.7 Å². The Morgan fingerprint density at radius 3 is 2.55 bits per heavy atom. The van der Waals surface area contributed by atoms with Crippen molar-refractivity contribution in [3.05, 3.63) is 71.6 Å². The molecule has 1 amide bonds. The second kappa shape index (κ2) is 9.03. The van der Waals surface area contributed by atoms with Crippen molar-refractivity contribution in [1.29, 1.82) is 0 Å². The summed E-state index contributed by atoms with van der Waals surface area (Å²) in [5, 5.41) is 2.88. The smallest absolute Gasteiger partial charge is 0.251 e. The Morgan fingerprint density at radius 2 is 1.87 bits per heavy atom. The van der Waals surface area contributed by atoms with Crippen molar-refractivity contribution in [3.63, 3.8) is 0 Å². The number of ether oxygens (including phenoxy) is 1. The summed E-state index contributed by atoms with van der Waals surface area (Å²) >= 11 is 0. The number of rotatable bonds is 7. The number of aryl methyl sites for hydroxylation is 1. The van der Waals surface area contributed by atoms with E-state index in [1.807, 2.05) is 0 Å². The summed E-state index contributed by atoms with van der Waals surface area (Å²) in [6.07, 6.45) is 2.08. The highest BCUT2D eigenvalue weighted by Crippen LogP contribution is 2.25. The zero-order valence-electron chi connectivity index (χ0n) is 17.2. The van der Waals surface area contributed by atoms with Gasteiger partial charge in [0.1, 0.15) is 11.5 Å². The number of carbonyl (C=O) groups is 1. The second-order valence-corrected chi connectivity index (χ2v) is 9.51. The second-order valence-electron chi connectivity index (χ2n) is 7.52. The molecule has 3 aromatic rings. The molecule has 1 saturated heterocycles. The van der Waals surface area contributed by atoms with E-state index in [4.69, 9.17) is 9.15 Å². The molecule has 2 aromatic carbocycles. The normalized spacial score (nSPS) is 16.4. The van der Waals surface area contributed by atoms with Crippen LogP contribution in [-0.2, 0) is 20.3 Å². The SMILES string of the molecule is Cc1oc(-c2ccc(C(=O)NCC3CCCO3)cc2)nc1CS(=O)(=O)c1ccccc1. The predicted molar refractivity (Wildman–Crippen MR) is 115 cm³/mol. The minimum absolute atomic E-state index is 0.0871. The molecule has 31 heavy (non-hydrogen) atoms. The van der Waals surface area contributed by atoms with E-state index in [0.29, 0.717) is 35.0 Å². The van der Waals surface area contributed by atoms with E-state index >= 15 is 0 Å². The van der Waals surface area contributed by atoms with Crippen molar-refractivity contribution < 1.29 is 22.4 Å². The van der Waals surface area contributed by atoms with Crippen LogP contribution in [-0.4, -0.2) is 38.6 Å². The van der Waals surface area contributed by atoms with E-state index in [1.165, 1.54) is 0 Å². The summed E-state index contributed by atoms with van der Waals surface area (Å²) in [5.41, 5.74) is 1.57. The number of hydrogen-bond donors (Lipinski definition) is 1. The fourth-order valence-corrected chi connectivity index (χ4v) is 4.82. The monoisotopic (exact) mass is 440 g/mol. The van der Waals surface area contributed by atoms with E-state index < -0.39 is 9.84 Å². The standard InChI is InChI=1S/C23H24N2O5S/c1-16-21(15-31(27,28)20-7-3-2-4-8-20)25-23(30-16)18-11-9-17(10-12-18)22(26)24-14-19-6-5-13-29-19/h2-4,7-12,19H,5-6,13-15H2,1H3,(H,24,26). The molecule has 0 spiro atoms. The molecule has 1 unspecified atom stereocenters. The third-order valence-corrected chi connectivity index (χ3v) is 6.87. The van der Waals surface area contributed by atoms with Crippen molar-refractivity contribution in [3.8, 4) is 11.5 Å². The van der Waals surface area contributed by atoms with Crippen molar-refractivity contribution in [1.82, 2.24) is 10.3 Å². The zero-order chi connectivity index (χ0) is 21.8. The van der Waals surface area contributed by atoms with Crippen LogP contribution in [0.15, 0.2) is 63.9 Å². The average Bonchev–Trinajstić information content (AvgIpc) is 3.43. The van der Waals surface area contributed by atoms with Gasteiger partial charge in [0.05, 0.1) is 16.7 Å². The largest absolute Gasteiger partial charge is 0.441 e. The Balaban J connectivity index is 1.45. The molecule has 0 aliphatic carbocycles. The fraction of sp³-hybridized carbons (Fsp3) is 0.304. The van der Waals surface area contributed by atoms with Gasteiger partial charge in [0.25, 0.3) is 5.91 Å². The number of carbonyl (C=O) groups excluding carboxylic acids is 1. The van der Waals surface area contributed by atoms with Gasteiger partial charge in [0.2, 0.25) is 5.89 Å². The van der Waals surface area contributed by atoms with Crippen LogP contribution in [0.1, 0.15) is 34.7 Å². The van der Waals surface area contributed by atoms with Crippen molar-refractivity contribution >= 4 is 15.7 Å². The van der Waals surface area contributed by atoms with Crippen LogP contribution in [0.3, 0.4) is 0 Å². The topological polar surface area (TPSA) is 98.5 Å². The maximum atomic E-state index is 12.6. The Kier molecular flexibility index (Phi) is 6.20. The first-order valence-corrected chi connectivity index (χ1v) is 11.8. The lowest BCUT2D eigenvalue weighted by Gasteiger charge is -2.10. The van der Waals surface area contributed by atoms with Gasteiger partial charge in [-0.15, -0.1) is 0 Å². The van der Waals surface area contributed by atoms with Gasteiger partial charge < -0.3 is 14.5 Å². The van der Waals surface area contributed by atoms with E-state index in [1.54, 1.807) is 61.5 Å². The van der Waals surface area contributed by atoms with Gasteiger partial charge >= 0.3 is 0 Å². The molecule has 1 aliphatic rings. The molecule has 2 heterocycles. The molecule has 0 bridgehead atoms. The van der Waals surface area contributed by atoms with Crippen LogP contribution in [0.25, 0.3) is 11.5 Å². The van der Waals surface area contributed by atoms with Crippen LogP contribution in [0.4, 0.5) is 0 Å². The highest BCUT2D eigenvalue weighted by Gasteiger charge is 2.21. The van der Waals surface area contributed by atoms with Gasteiger partial charge in [-0.3, -0.25) is 4.79 Å². The van der Waals surface area contributed by atoms with Gasteiger partial charge in [-0.1, -0.05) is 18.2 Å². The van der Waals surface area contributed by atoms with Gasteiger partial charge in [-0.2, -0.15) is 0 Å². The molecule has 1 aliphatic heterocycles. The molecule has 162 valence electrons. The lowest BCUT2D eigenvalue weighted by molar-refractivity contribution is 0.0858. The maximum Gasteiger partial charge on any atom is 0.251 e. The van der Waals surface area contributed by atoms with Crippen molar-refractivity contribution in [2.75, 3.05) is 13.2 Å². The number of nitrogens with zero attached hydrogens (tertiary/aromatic N) is 1. The molecular weight excluding hydrogens is 416 g/mol. The Morgan fingerprint density at radius 1 is 1.13 bits per heavy atom. The van der Waals surface area contributed by atoms with E-state index in [2.05, 4.69) is 10.3 Å². The highest BCUT2D eigenvalue weighted by molar-refractivity contribution is 7.90. The molecule has 0 saturated carbocycles. The predicted octanol–water partition coefficient (Wildman–Crippen LogP) is 3.53. The van der Waals surface area contributed by atoms with Gasteiger partial charge in [0, 0.05) is 24.3 Å². The number of oxazole rings is 1. The number of sulfone groups is 1. The molecule has 1 atom stereocenters. The summed E-state index contributed by atoms with van der Waals surface area (Å²) < 4.78 is 36.5. The Bertz CT molecular complexity index is 1150. The lowest BCUT2D eigenvalue weighted by atomic mass is 10.1. The third kappa shape index (κ3) is 5.03. The van der Waals surface area contributed by atoms with Crippen LogP contribution >= 0.6 is 0 Å². The fourth-order valence-electron chi connectivity index (χ4n) is 3.45. The van der Waals surface area contributed by atoms with Crippen LogP contribution in [0.5, 0.6) is 0 Å². The third-order valence-electron chi connectivity index (χ3n) is 5.23. The minimum atomic E-state index is -3.52. The van der Waals surface area contributed by atoms with E-state index in [9.17, 15) is 13.2 Å². The summed E-state index contributed by atoms with van der Waals surface area (Å²) in [4.78, 5) is 17.0. The summed E-state index contributed by atoms with van der Waals surface area (Å²) in [7, 11) is -3.52. The van der Waals surface area contributed by atoms with Crippen LogP contribution in [0, 0.1) is 6.92 Å². The molecule has 1 aromatic heterocycles.